The molecule has 0 bridgehead atoms. The first kappa shape index (κ1) is 16.6. The van der Waals surface area contributed by atoms with E-state index >= 15 is 0 Å². The molecule has 3 rings (SSSR count). The van der Waals surface area contributed by atoms with E-state index in [1.54, 1.807) is 29.7 Å². The molecule has 0 radical (unpaired) electrons. The van der Waals surface area contributed by atoms with Gasteiger partial charge < -0.3 is 10.2 Å². The van der Waals surface area contributed by atoms with Crippen LogP contribution in [0.3, 0.4) is 0 Å². The Hall–Kier alpha value is -3.28. The first-order valence-corrected chi connectivity index (χ1v) is 8.09. The van der Waals surface area contributed by atoms with Crippen LogP contribution in [0.4, 0.5) is 11.6 Å². The third-order valence-corrected chi connectivity index (χ3v) is 3.70. The molecular formula is C19H19N5O. The zero-order chi connectivity index (χ0) is 17.5. The average Bonchev–Trinajstić information content (AvgIpc) is 2.69. The number of carbonyl (C=O) groups excluding carboxylic acids is 1. The highest BCUT2D eigenvalue weighted by molar-refractivity contribution is 6.05. The number of carbonyl (C=O) groups is 1. The second kappa shape index (κ2) is 8.01. The minimum absolute atomic E-state index is 0.118. The predicted octanol–water partition coefficient (Wildman–Crippen LogP) is 3.15. The van der Waals surface area contributed by atoms with E-state index in [0.29, 0.717) is 24.6 Å². The zero-order valence-corrected chi connectivity index (χ0v) is 14.0. The molecule has 0 unspecified atom stereocenters. The third-order valence-electron chi connectivity index (χ3n) is 3.70. The Balaban J connectivity index is 1.68. The van der Waals surface area contributed by atoms with E-state index in [0.717, 1.165) is 11.3 Å². The van der Waals surface area contributed by atoms with Crippen molar-refractivity contribution in [2.45, 2.75) is 13.5 Å². The highest BCUT2D eigenvalue weighted by Crippen LogP contribution is 2.16. The molecule has 1 amide bonds. The van der Waals surface area contributed by atoms with Gasteiger partial charge in [0.1, 0.15) is 0 Å². The molecule has 25 heavy (non-hydrogen) atoms. The summed E-state index contributed by atoms with van der Waals surface area (Å²) in [4.78, 5) is 26.9. The van der Waals surface area contributed by atoms with Gasteiger partial charge in [-0.15, -0.1) is 0 Å². The number of anilines is 2. The van der Waals surface area contributed by atoms with Crippen LogP contribution in [0.1, 0.15) is 22.8 Å². The number of hydrogen-bond donors (Lipinski definition) is 1. The molecule has 2 aromatic heterocycles. The minimum atomic E-state index is -0.118. The second-order valence-electron chi connectivity index (χ2n) is 5.40. The summed E-state index contributed by atoms with van der Waals surface area (Å²) in [5.74, 6) is 0.357. The summed E-state index contributed by atoms with van der Waals surface area (Å²) in [6, 6.07) is 13.4. The molecule has 0 fully saturated rings. The molecule has 0 atom stereocenters. The van der Waals surface area contributed by atoms with Crippen LogP contribution >= 0.6 is 0 Å². The van der Waals surface area contributed by atoms with Gasteiger partial charge in [0.2, 0.25) is 5.95 Å². The fourth-order valence-corrected chi connectivity index (χ4v) is 2.42. The number of nitrogens with zero attached hydrogens (tertiary/aromatic N) is 4. The van der Waals surface area contributed by atoms with Gasteiger partial charge in [-0.3, -0.25) is 9.78 Å². The van der Waals surface area contributed by atoms with Gasteiger partial charge >= 0.3 is 0 Å². The summed E-state index contributed by atoms with van der Waals surface area (Å²) in [6.45, 7) is 3.09. The van der Waals surface area contributed by atoms with Crippen LogP contribution < -0.4 is 10.2 Å². The molecule has 3 aromatic rings. The van der Waals surface area contributed by atoms with E-state index in [2.05, 4.69) is 20.3 Å². The number of benzene rings is 1. The lowest BCUT2D eigenvalue weighted by Crippen LogP contribution is -2.30. The molecule has 1 N–H and O–H groups in total. The van der Waals surface area contributed by atoms with Crippen molar-refractivity contribution in [1.82, 2.24) is 15.0 Å². The number of para-hydroxylation sites is 1. The van der Waals surface area contributed by atoms with Crippen LogP contribution in [0.25, 0.3) is 0 Å². The predicted molar refractivity (Wildman–Crippen MR) is 97.4 cm³/mol. The van der Waals surface area contributed by atoms with E-state index in [-0.39, 0.29) is 5.91 Å². The van der Waals surface area contributed by atoms with Crippen LogP contribution in [0, 0.1) is 0 Å². The fraction of sp³-hybridized carbons (Fsp3) is 0.158. The Kier molecular flexibility index (Phi) is 5.31. The van der Waals surface area contributed by atoms with Crippen molar-refractivity contribution in [2.24, 2.45) is 0 Å². The SMILES string of the molecule is CCN(C(=O)c1cnc(NCc2cccnc2)nc1)c1ccccc1. The van der Waals surface area contributed by atoms with Crippen molar-refractivity contribution < 1.29 is 4.79 Å². The summed E-state index contributed by atoms with van der Waals surface area (Å²) in [5, 5.41) is 3.11. The number of pyridine rings is 1. The van der Waals surface area contributed by atoms with E-state index in [1.165, 1.54) is 0 Å². The van der Waals surface area contributed by atoms with Gasteiger partial charge in [0, 0.05) is 43.6 Å². The first-order valence-electron chi connectivity index (χ1n) is 8.09. The third kappa shape index (κ3) is 4.17. The molecule has 0 spiro atoms. The number of nitrogens with one attached hydrogen (secondary N) is 1. The number of amides is 1. The summed E-state index contributed by atoms with van der Waals surface area (Å²) in [6.07, 6.45) is 6.61. The second-order valence-corrected chi connectivity index (χ2v) is 5.40. The first-order chi connectivity index (χ1) is 12.3. The number of hydrogen-bond acceptors (Lipinski definition) is 5. The van der Waals surface area contributed by atoms with Crippen molar-refractivity contribution in [2.75, 3.05) is 16.8 Å². The molecule has 1 aromatic carbocycles. The lowest BCUT2D eigenvalue weighted by atomic mass is 10.2. The van der Waals surface area contributed by atoms with Crippen LogP contribution in [0.15, 0.2) is 67.3 Å². The van der Waals surface area contributed by atoms with E-state index in [4.69, 9.17) is 0 Å². The standard InChI is InChI=1S/C19H19N5O/c1-2-24(17-8-4-3-5-9-17)18(25)16-13-22-19(23-14-16)21-12-15-7-6-10-20-11-15/h3-11,13-14H,2,12H2,1H3,(H,21,22,23). The van der Waals surface area contributed by atoms with Crippen LogP contribution in [0.5, 0.6) is 0 Å². The fourth-order valence-electron chi connectivity index (χ4n) is 2.42. The Morgan fingerprint density at radius 3 is 2.44 bits per heavy atom. The number of rotatable bonds is 6. The van der Waals surface area contributed by atoms with Crippen molar-refractivity contribution >= 4 is 17.5 Å². The lowest BCUT2D eigenvalue weighted by Gasteiger charge is -2.20. The highest BCUT2D eigenvalue weighted by Gasteiger charge is 2.16. The summed E-state index contributed by atoms with van der Waals surface area (Å²) >= 11 is 0. The summed E-state index contributed by atoms with van der Waals surface area (Å²) in [7, 11) is 0. The lowest BCUT2D eigenvalue weighted by molar-refractivity contribution is 0.0987. The number of aromatic nitrogens is 3. The maximum atomic E-state index is 12.7. The molecule has 6 nitrogen and oxygen atoms in total. The normalized spacial score (nSPS) is 10.3. The van der Waals surface area contributed by atoms with E-state index in [9.17, 15) is 4.79 Å². The Bertz CT molecular complexity index is 806. The minimum Gasteiger partial charge on any atom is -0.350 e. The monoisotopic (exact) mass is 333 g/mol. The van der Waals surface area contributed by atoms with Gasteiger partial charge in [-0.2, -0.15) is 0 Å². The van der Waals surface area contributed by atoms with Crippen LogP contribution in [-0.2, 0) is 6.54 Å². The molecule has 0 aliphatic carbocycles. The molecule has 126 valence electrons. The van der Waals surface area contributed by atoms with Gasteiger partial charge in [0.25, 0.3) is 5.91 Å². The summed E-state index contributed by atoms with van der Waals surface area (Å²) < 4.78 is 0. The van der Waals surface area contributed by atoms with Crippen molar-refractivity contribution in [3.63, 3.8) is 0 Å². The highest BCUT2D eigenvalue weighted by atomic mass is 16.2. The molecule has 0 aliphatic rings. The Morgan fingerprint density at radius 1 is 1.04 bits per heavy atom. The molecule has 0 saturated heterocycles. The molecule has 0 aliphatic heterocycles. The van der Waals surface area contributed by atoms with Crippen LogP contribution in [0.2, 0.25) is 0 Å². The Labute approximate surface area is 146 Å². The topological polar surface area (TPSA) is 71.0 Å². The largest absolute Gasteiger partial charge is 0.350 e. The van der Waals surface area contributed by atoms with Crippen LogP contribution in [-0.4, -0.2) is 27.4 Å². The van der Waals surface area contributed by atoms with Gasteiger partial charge in [0.05, 0.1) is 5.56 Å². The molecule has 0 saturated carbocycles. The van der Waals surface area contributed by atoms with Crippen molar-refractivity contribution in [3.05, 3.63) is 78.4 Å². The smallest absolute Gasteiger partial charge is 0.261 e. The van der Waals surface area contributed by atoms with E-state index < -0.39 is 0 Å². The van der Waals surface area contributed by atoms with Gasteiger partial charge in [0.15, 0.2) is 0 Å². The average molecular weight is 333 g/mol. The quantitative estimate of drug-likeness (QED) is 0.750. The maximum absolute atomic E-state index is 12.7. The Morgan fingerprint density at radius 2 is 1.80 bits per heavy atom. The maximum Gasteiger partial charge on any atom is 0.261 e. The molecule has 2 heterocycles. The van der Waals surface area contributed by atoms with Gasteiger partial charge in [-0.25, -0.2) is 9.97 Å². The van der Waals surface area contributed by atoms with Crippen molar-refractivity contribution in [3.8, 4) is 0 Å². The van der Waals surface area contributed by atoms with Gasteiger partial charge in [-0.1, -0.05) is 24.3 Å². The molecular weight excluding hydrogens is 314 g/mol. The van der Waals surface area contributed by atoms with E-state index in [1.807, 2.05) is 49.4 Å². The van der Waals surface area contributed by atoms with Crippen molar-refractivity contribution in [1.29, 1.82) is 0 Å². The summed E-state index contributed by atoms with van der Waals surface area (Å²) in [5.41, 5.74) is 2.35. The molecule has 6 heteroatoms. The van der Waals surface area contributed by atoms with Gasteiger partial charge in [-0.05, 0) is 30.7 Å². The zero-order valence-electron chi connectivity index (χ0n) is 14.0.